The molecule has 0 N–H and O–H groups in total. The molecule has 0 saturated heterocycles. The van der Waals surface area contributed by atoms with Crippen molar-refractivity contribution < 1.29 is 0 Å². The minimum Gasteiger partial charge on any atom is -0.311 e. The monoisotopic (exact) mass is 1330 g/mol. The highest BCUT2D eigenvalue weighted by Crippen LogP contribution is 2.53. The maximum Gasteiger partial charge on any atom is 0.252 e. The molecule has 15 aromatic rings. The second-order valence-corrected chi connectivity index (χ2v) is 34.2. The van der Waals surface area contributed by atoms with E-state index in [1.165, 1.54) is 133 Å². The van der Waals surface area contributed by atoms with Crippen molar-refractivity contribution >= 4 is 101 Å². The fourth-order valence-corrected chi connectivity index (χ4v) is 16.6. The predicted molar refractivity (Wildman–Crippen MR) is 444 cm³/mol. The molecule has 4 heterocycles. The van der Waals surface area contributed by atoms with Crippen LogP contribution in [0, 0.1) is 0 Å². The molecule has 2 aliphatic heterocycles. The Morgan fingerprint density at radius 2 is 0.476 bits per heavy atom. The van der Waals surface area contributed by atoms with Crippen LogP contribution in [0.25, 0.3) is 99.5 Å². The maximum absolute atomic E-state index is 2.69. The summed E-state index contributed by atoms with van der Waals surface area (Å²) in [6.07, 6.45) is 0. The molecular weight excluding hydrogens is 1240 g/mol. The minimum atomic E-state index is -0.290. The van der Waals surface area contributed by atoms with E-state index in [0.717, 1.165) is 45.0 Å². The summed E-state index contributed by atoms with van der Waals surface area (Å²) < 4.78 is 4.99. The molecule has 2 aromatic heterocycles. The van der Waals surface area contributed by atoms with Crippen LogP contribution in [0.1, 0.15) is 132 Å². The Morgan fingerprint density at radius 1 is 0.214 bits per heavy atom. The van der Waals surface area contributed by atoms with Crippen LogP contribution in [-0.4, -0.2) is 15.8 Å². The van der Waals surface area contributed by atoms with Gasteiger partial charge in [0.05, 0.1) is 44.8 Å². The molecule has 103 heavy (non-hydrogen) atoms. The summed E-state index contributed by atoms with van der Waals surface area (Å²) >= 11 is 0. The first-order valence-electron chi connectivity index (χ1n) is 37.0. The molecule has 13 aromatic carbocycles. The van der Waals surface area contributed by atoms with E-state index >= 15 is 0 Å². The zero-order valence-electron chi connectivity index (χ0n) is 62.4. The Bertz CT molecular complexity index is 5410. The van der Waals surface area contributed by atoms with Crippen molar-refractivity contribution in [2.75, 3.05) is 9.80 Å². The number of aromatic nitrogens is 2. The molecule has 2 aliphatic rings. The van der Waals surface area contributed by atoms with Crippen LogP contribution in [0.15, 0.2) is 279 Å². The summed E-state index contributed by atoms with van der Waals surface area (Å²) in [6, 6.07) is 107. The largest absolute Gasteiger partial charge is 0.311 e. The molecule has 0 aliphatic carbocycles. The van der Waals surface area contributed by atoms with Gasteiger partial charge in [-0.1, -0.05) is 310 Å². The van der Waals surface area contributed by atoms with Gasteiger partial charge < -0.3 is 18.9 Å². The number of nitrogens with zero attached hydrogens (tertiary/aromatic N) is 4. The van der Waals surface area contributed by atoms with Gasteiger partial charge in [0, 0.05) is 66.5 Å². The predicted octanol–water partition coefficient (Wildman–Crippen LogP) is 25.1. The molecular formula is C98H91BN4. The fraction of sp³-hybridized carbons (Fsp3) is 0.204. The molecule has 0 unspecified atom stereocenters. The number of rotatable bonds is 8. The summed E-state index contributed by atoms with van der Waals surface area (Å²) in [5.74, 6) is 0. The summed E-state index contributed by atoms with van der Waals surface area (Å²) in [5.41, 5.74) is 33.1. The summed E-state index contributed by atoms with van der Waals surface area (Å²) in [6.45, 7) is 35.2. The number of para-hydroxylation sites is 8. The third-order valence-corrected chi connectivity index (χ3v) is 22.3. The molecule has 17 rings (SSSR count). The molecule has 0 fully saturated rings. The van der Waals surface area contributed by atoms with Gasteiger partial charge in [0.25, 0.3) is 6.71 Å². The third-order valence-electron chi connectivity index (χ3n) is 22.3. The lowest BCUT2D eigenvalue weighted by atomic mass is 9.33. The summed E-state index contributed by atoms with van der Waals surface area (Å²) in [7, 11) is 0. The van der Waals surface area contributed by atoms with E-state index in [1.807, 2.05) is 0 Å². The van der Waals surface area contributed by atoms with Crippen molar-refractivity contribution in [2.45, 2.75) is 131 Å². The molecule has 0 spiro atoms. The Morgan fingerprint density at radius 3 is 0.786 bits per heavy atom. The molecule has 0 amide bonds. The second kappa shape index (κ2) is 23.9. The van der Waals surface area contributed by atoms with Crippen LogP contribution in [0.2, 0.25) is 0 Å². The van der Waals surface area contributed by atoms with Crippen LogP contribution < -0.4 is 26.2 Å². The first kappa shape index (κ1) is 65.4. The van der Waals surface area contributed by atoms with Crippen molar-refractivity contribution in [3.8, 4) is 55.9 Å². The first-order chi connectivity index (χ1) is 49.3. The number of fused-ring (bicyclic) bond motifs is 10. The molecule has 506 valence electrons. The van der Waals surface area contributed by atoms with Gasteiger partial charge in [-0.25, -0.2) is 0 Å². The van der Waals surface area contributed by atoms with Crippen LogP contribution in [-0.2, 0) is 27.1 Å². The van der Waals surface area contributed by atoms with E-state index in [2.05, 4.69) is 402 Å². The van der Waals surface area contributed by atoms with Crippen molar-refractivity contribution in [3.05, 3.63) is 307 Å². The zero-order chi connectivity index (χ0) is 71.4. The third kappa shape index (κ3) is 10.9. The van der Waals surface area contributed by atoms with E-state index in [-0.39, 0.29) is 33.8 Å². The smallest absolute Gasteiger partial charge is 0.252 e. The van der Waals surface area contributed by atoms with Gasteiger partial charge in [0.15, 0.2) is 0 Å². The number of hydrogen-bond donors (Lipinski definition) is 0. The zero-order valence-corrected chi connectivity index (χ0v) is 62.4. The average Bonchev–Trinajstić information content (AvgIpc) is 1.46. The standard InChI is InChI=1S/C98H91BN4/c1-94(2,3)66-52-64(53-67(58-66)95(4,5)6)62-48-50-79-89(56-62)102(87-46-30-22-38-77(87)75-36-20-28-44-85(75)100-81-40-24-16-32-71(81)72-33-17-25-41-82(72)100)91-60-70(98(13,14)15)61-92-93(91)99(79)80-51-49-63(65-54-68(96(7,8)9)59-69(55-65)97(10,11)12)57-90(80)103(92)88-47-31-23-39-78(88)76-37-21-29-45-86(76)101-83-42-26-18-34-73(83)74-35-19-27-43-84(74)101/h16-61H,1-15H3. The fourth-order valence-electron chi connectivity index (χ4n) is 16.6. The molecule has 0 radical (unpaired) electrons. The lowest BCUT2D eigenvalue weighted by Gasteiger charge is -2.46. The summed E-state index contributed by atoms with van der Waals surface area (Å²) in [5, 5.41) is 4.95. The van der Waals surface area contributed by atoms with Gasteiger partial charge >= 0.3 is 0 Å². The second-order valence-electron chi connectivity index (χ2n) is 34.2. The van der Waals surface area contributed by atoms with Gasteiger partial charge in [-0.3, -0.25) is 0 Å². The van der Waals surface area contributed by atoms with Gasteiger partial charge in [0.2, 0.25) is 0 Å². The number of anilines is 6. The van der Waals surface area contributed by atoms with E-state index in [1.54, 1.807) is 0 Å². The van der Waals surface area contributed by atoms with E-state index in [0.29, 0.717) is 0 Å². The lowest BCUT2D eigenvalue weighted by molar-refractivity contribution is 0.568. The Kier molecular flexibility index (Phi) is 15.2. The number of hydrogen-bond acceptors (Lipinski definition) is 2. The maximum atomic E-state index is 2.69. The Hall–Kier alpha value is -10.9. The van der Waals surface area contributed by atoms with Crippen LogP contribution >= 0.6 is 0 Å². The van der Waals surface area contributed by atoms with Crippen molar-refractivity contribution in [1.29, 1.82) is 0 Å². The quantitative estimate of drug-likeness (QED) is 0.141. The van der Waals surface area contributed by atoms with Gasteiger partial charge in [0.1, 0.15) is 0 Å². The van der Waals surface area contributed by atoms with E-state index in [4.69, 9.17) is 0 Å². The molecule has 5 heteroatoms. The molecule has 0 saturated carbocycles. The van der Waals surface area contributed by atoms with Gasteiger partial charge in [-0.05, 0) is 166 Å². The Labute approximate surface area is 609 Å². The molecule has 0 bridgehead atoms. The topological polar surface area (TPSA) is 16.3 Å². The first-order valence-corrected chi connectivity index (χ1v) is 37.0. The van der Waals surface area contributed by atoms with Crippen molar-refractivity contribution in [2.24, 2.45) is 0 Å². The van der Waals surface area contributed by atoms with E-state index in [9.17, 15) is 0 Å². The summed E-state index contributed by atoms with van der Waals surface area (Å²) in [4.78, 5) is 5.37. The highest BCUT2D eigenvalue weighted by molar-refractivity contribution is 7.00. The van der Waals surface area contributed by atoms with Gasteiger partial charge in [-0.15, -0.1) is 0 Å². The minimum absolute atomic E-state index is 0.0811. The van der Waals surface area contributed by atoms with Crippen LogP contribution in [0.5, 0.6) is 0 Å². The highest BCUT2D eigenvalue weighted by Gasteiger charge is 2.46. The van der Waals surface area contributed by atoms with Crippen LogP contribution in [0.4, 0.5) is 34.1 Å². The average molecular weight is 1340 g/mol. The highest BCUT2D eigenvalue weighted by atomic mass is 15.2. The van der Waals surface area contributed by atoms with Crippen molar-refractivity contribution in [3.63, 3.8) is 0 Å². The number of benzene rings is 13. The van der Waals surface area contributed by atoms with Crippen LogP contribution in [0.3, 0.4) is 0 Å². The van der Waals surface area contributed by atoms with Crippen molar-refractivity contribution in [1.82, 2.24) is 9.13 Å². The van der Waals surface area contributed by atoms with E-state index < -0.39 is 0 Å². The SMILES string of the molecule is CC(C)(C)c1cc(-c2ccc3c(c2)N(c2ccccc2-c2ccccc2-n2c4ccccc4c4ccccc42)c2cc(C(C)(C)C)cc4c2B3c2ccc(-c3cc(C(C)(C)C)cc(C(C)(C)C)c3)cc2N4c2ccccc2-c2ccccc2-n2c3ccccc3c3ccccc32)cc(C(C)(C)C)c1. The molecule has 4 nitrogen and oxygen atoms in total. The van der Waals surface area contributed by atoms with Gasteiger partial charge in [-0.2, -0.15) is 0 Å². The molecule has 0 atom stereocenters. The lowest BCUT2D eigenvalue weighted by Crippen LogP contribution is -2.61. The normalized spacial score (nSPS) is 13.3. The Balaban J connectivity index is 0.986.